The molecule has 0 atom stereocenters. The van der Waals surface area contributed by atoms with E-state index < -0.39 is 8.07 Å². The average molecular weight is 1130 g/mol. The summed E-state index contributed by atoms with van der Waals surface area (Å²) in [5, 5.41) is 3.74. The van der Waals surface area contributed by atoms with Crippen molar-refractivity contribution in [2.45, 2.75) is 80.4 Å². The third-order valence-electron chi connectivity index (χ3n) is 12.2. The second-order valence-electron chi connectivity index (χ2n) is 21.8. The van der Waals surface area contributed by atoms with Crippen LogP contribution in [-0.2, 0) is 39.4 Å². The summed E-state index contributed by atoms with van der Waals surface area (Å²) in [4.78, 5) is 13.8. The second kappa shape index (κ2) is 23.1. The van der Waals surface area contributed by atoms with Crippen LogP contribution in [0.15, 0.2) is 211 Å². The summed E-state index contributed by atoms with van der Waals surface area (Å²) >= 11 is 0. The van der Waals surface area contributed by atoms with E-state index in [2.05, 4.69) is 241 Å². The molecule has 4 heterocycles. The maximum absolute atomic E-state index is 6.12. The third-order valence-corrected chi connectivity index (χ3v) is 14.2. The van der Waals surface area contributed by atoms with Gasteiger partial charge in [-0.3, -0.25) is 15.0 Å². The predicted octanol–water partition coefficient (Wildman–Crippen LogP) is 17.1. The summed E-state index contributed by atoms with van der Waals surface area (Å²) < 4.78 is 6.12. The van der Waals surface area contributed by atoms with E-state index in [1.165, 1.54) is 49.7 Å². The van der Waals surface area contributed by atoms with Gasteiger partial charge in [-0.2, -0.15) is 0 Å². The Kier molecular flexibility index (Phi) is 17.0. The number of aromatic nitrogens is 3. The summed E-state index contributed by atoms with van der Waals surface area (Å²) in [5.74, 6) is 0. The molecule has 0 saturated carbocycles. The SMILES string of the molecule is CC(C)(C)Cc1cc(-c2ccccc2)ncc1[Si](C)(C)C.CC(C)(C)Cc1ccnc(-c2ccccc2)c1.[Ir].c1ccc(Cc2ccnc(-c3ccc4oc5ccc(-c6ccccc6)cc5c4c3)c2)cc1. The largest absolute Gasteiger partial charge is 0.456 e. The van der Waals surface area contributed by atoms with Crippen LogP contribution in [-0.4, -0.2) is 23.0 Å². The van der Waals surface area contributed by atoms with Gasteiger partial charge in [0.2, 0.25) is 0 Å². The number of benzene rings is 6. The van der Waals surface area contributed by atoms with Crippen LogP contribution in [0.2, 0.25) is 19.6 Å². The van der Waals surface area contributed by atoms with Crippen LogP contribution in [0.1, 0.15) is 63.8 Å². The minimum Gasteiger partial charge on any atom is -0.456 e. The molecular weight excluding hydrogens is 1060 g/mol. The van der Waals surface area contributed by atoms with Gasteiger partial charge in [0.1, 0.15) is 11.2 Å². The van der Waals surface area contributed by atoms with Crippen molar-refractivity contribution in [1.29, 1.82) is 0 Å². The first-order chi connectivity index (χ1) is 33.5. The Morgan fingerprint density at radius 2 is 0.859 bits per heavy atom. The van der Waals surface area contributed by atoms with Crippen molar-refractivity contribution in [3.8, 4) is 44.9 Å². The van der Waals surface area contributed by atoms with Crippen molar-refractivity contribution in [1.82, 2.24) is 15.0 Å². The second-order valence-corrected chi connectivity index (χ2v) is 26.9. The van der Waals surface area contributed by atoms with E-state index >= 15 is 0 Å². The molecule has 10 rings (SSSR count). The molecule has 0 fully saturated rings. The van der Waals surface area contributed by atoms with Crippen LogP contribution >= 0.6 is 0 Å². The van der Waals surface area contributed by atoms with Gasteiger partial charge in [0.25, 0.3) is 0 Å². The van der Waals surface area contributed by atoms with Crippen LogP contribution in [0.5, 0.6) is 0 Å². The van der Waals surface area contributed by atoms with Crippen molar-refractivity contribution < 1.29 is 24.5 Å². The molecule has 10 aromatic rings. The Morgan fingerprint density at radius 1 is 0.408 bits per heavy atom. The van der Waals surface area contributed by atoms with E-state index in [1.54, 1.807) is 0 Å². The van der Waals surface area contributed by atoms with Crippen molar-refractivity contribution in [2.75, 3.05) is 0 Å². The first-order valence-corrected chi connectivity index (χ1v) is 28.1. The van der Waals surface area contributed by atoms with Crippen molar-refractivity contribution in [3.63, 3.8) is 0 Å². The fourth-order valence-electron chi connectivity index (χ4n) is 8.94. The van der Waals surface area contributed by atoms with Crippen LogP contribution in [0.3, 0.4) is 0 Å². The van der Waals surface area contributed by atoms with Gasteiger partial charge in [-0.15, -0.1) is 0 Å². The predicted molar refractivity (Wildman–Crippen MR) is 300 cm³/mol. The Bertz CT molecular complexity index is 3280. The minimum absolute atomic E-state index is 0. The summed E-state index contributed by atoms with van der Waals surface area (Å²) in [5.41, 5.74) is 16.8. The van der Waals surface area contributed by atoms with Gasteiger partial charge in [-0.05, 0) is 129 Å². The van der Waals surface area contributed by atoms with E-state index in [4.69, 9.17) is 9.40 Å². The van der Waals surface area contributed by atoms with Gasteiger partial charge < -0.3 is 4.42 Å². The van der Waals surface area contributed by atoms with E-state index in [9.17, 15) is 0 Å². The smallest absolute Gasteiger partial charge is 0.135 e. The van der Waals surface area contributed by atoms with Crippen LogP contribution < -0.4 is 5.19 Å². The molecular formula is C65H67IrN3OSi. The number of hydrogen-bond acceptors (Lipinski definition) is 4. The minimum atomic E-state index is -1.36. The molecule has 0 amide bonds. The van der Waals surface area contributed by atoms with E-state index in [1.807, 2.05) is 36.7 Å². The summed E-state index contributed by atoms with van der Waals surface area (Å²) in [6.07, 6.45) is 9.02. The summed E-state index contributed by atoms with van der Waals surface area (Å²) in [7, 11) is -1.36. The molecule has 4 nitrogen and oxygen atoms in total. The number of furan rings is 1. The number of fused-ring (bicyclic) bond motifs is 3. The molecule has 1 radical (unpaired) electrons. The van der Waals surface area contributed by atoms with Gasteiger partial charge in [0.05, 0.1) is 25.2 Å². The molecule has 0 bridgehead atoms. The van der Waals surface area contributed by atoms with E-state index in [0.29, 0.717) is 10.8 Å². The van der Waals surface area contributed by atoms with E-state index in [-0.39, 0.29) is 20.1 Å². The standard InChI is InChI=1S/C30H21NO.C19H27NSi.C16H19N.Ir/c1-3-7-21(8-4-1)17-22-15-16-31-28(18-22)25-12-14-30-27(20-25)26-19-24(11-13-29(26)32-30)23-9-5-2-6-10-23;1-19(2,3)13-16-12-17(15-10-8-7-9-11-15)20-14-18(16)21(4,5)6;1-16(2,3)12-13-9-10-17-15(11-13)14-7-5-4-6-8-14;/h1-16,18-20H,17H2;7-12,14H,13H2,1-6H3;4-11H,12H2,1-3H3;. The third kappa shape index (κ3) is 14.5. The van der Waals surface area contributed by atoms with Crippen molar-refractivity contribution in [2.24, 2.45) is 10.8 Å². The van der Waals surface area contributed by atoms with Crippen molar-refractivity contribution >= 4 is 35.2 Å². The number of rotatable bonds is 9. The molecule has 0 spiro atoms. The molecule has 0 aliphatic carbocycles. The first-order valence-electron chi connectivity index (χ1n) is 24.6. The number of hydrogen-bond donors (Lipinski definition) is 0. The maximum atomic E-state index is 6.12. The molecule has 0 aliphatic rings. The molecule has 0 saturated heterocycles. The summed E-state index contributed by atoms with van der Waals surface area (Å²) in [6, 6.07) is 65.4. The first kappa shape index (κ1) is 52.3. The van der Waals surface area contributed by atoms with Crippen LogP contribution in [0, 0.1) is 10.8 Å². The van der Waals surface area contributed by atoms with Crippen molar-refractivity contribution in [3.05, 3.63) is 229 Å². The topological polar surface area (TPSA) is 51.8 Å². The zero-order valence-corrected chi connectivity index (χ0v) is 46.2. The molecule has 0 aliphatic heterocycles. The van der Waals surface area contributed by atoms with Gasteiger partial charge in [0, 0.05) is 66.2 Å². The Balaban J connectivity index is 0.000000166. The summed E-state index contributed by atoms with van der Waals surface area (Å²) in [6.45, 7) is 20.9. The molecule has 361 valence electrons. The quantitative estimate of drug-likeness (QED) is 0.135. The molecule has 71 heavy (non-hydrogen) atoms. The van der Waals surface area contributed by atoms with Crippen LogP contribution in [0.4, 0.5) is 0 Å². The Morgan fingerprint density at radius 3 is 1.39 bits per heavy atom. The Hall–Kier alpha value is -6.56. The van der Waals surface area contributed by atoms with Gasteiger partial charge in [0.15, 0.2) is 0 Å². The molecule has 4 aromatic heterocycles. The van der Waals surface area contributed by atoms with E-state index in [0.717, 1.165) is 63.8 Å². The molecule has 0 unspecified atom stereocenters. The Labute approximate surface area is 437 Å². The zero-order chi connectivity index (χ0) is 49.3. The average Bonchev–Trinajstić information content (AvgIpc) is 3.72. The zero-order valence-electron chi connectivity index (χ0n) is 42.8. The fourth-order valence-corrected chi connectivity index (χ4v) is 10.5. The van der Waals surface area contributed by atoms with Gasteiger partial charge in [-0.1, -0.05) is 189 Å². The molecule has 0 N–H and O–H groups in total. The normalized spacial score (nSPS) is 11.5. The maximum Gasteiger partial charge on any atom is 0.135 e. The van der Waals surface area contributed by atoms with Gasteiger partial charge in [-0.25, -0.2) is 0 Å². The molecule has 6 aromatic carbocycles. The van der Waals surface area contributed by atoms with Gasteiger partial charge >= 0.3 is 0 Å². The molecule has 6 heteroatoms. The monoisotopic (exact) mass is 1130 g/mol. The van der Waals surface area contributed by atoms with Crippen LogP contribution in [0.25, 0.3) is 66.8 Å². The number of pyridine rings is 3. The number of nitrogens with zero attached hydrogens (tertiary/aromatic N) is 3. The fraction of sp³-hybridized carbons (Fsp3) is 0.215.